The van der Waals surface area contributed by atoms with Crippen LogP contribution in [0.15, 0.2) is 59.2 Å². The van der Waals surface area contributed by atoms with Gasteiger partial charge in [0.1, 0.15) is 0 Å². The zero-order valence-electron chi connectivity index (χ0n) is 15.7. The molecule has 2 aromatic carbocycles. The highest BCUT2D eigenvalue weighted by Crippen LogP contribution is 2.31. The van der Waals surface area contributed by atoms with Gasteiger partial charge in [-0.05, 0) is 49.8 Å². The zero-order valence-corrected chi connectivity index (χ0v) is 15.7. The molecular weight excluding hydrogens is 360 g/mol. The van der Waals surface area contributed by atoms with Crippen LogP contribution >= 0.6 is 0 Å². The summed E-state index contributed by atoms with van der Waals surface area (Å²) in [5, 5.41) is 14.7. The van der Waals surface area contributed by atoms with Crippen LogP contribution in [-0.4, -0.2) is 35.9 Å². The molecule has 28 heavy (non-hydrogen) atoms. The average molecular weight is 380 g/mol. The van der Waals surface area contributed by atoms with Crippen LogP contribution < -0.4 is 14.5 Å². The molecule has 1 aliphatic heterocycles. The number of methoxy groups -OCH3 is 1. The maximum atomic E-state index is 12.8. The Morgan fingerprint density at radius 2 is 1.89 bits per heavy atom. The lowest BCUT2D eigenvalue weighted by Crippen LogP contribution is -2.23. The fraction of sp³-hybridized carbons (Fsp3) is 0.190. The number of hydrogen-bond donors (Lipinski definition) is 1. The molecule has 1 amide bonds. The summed E-state index contributed by atoms with van der Waals surface area (Å²) < 4.78 is 10.7. The van der Waals surface area contributed by atoms with E-state index in [-0.39, 0.29) is 5.91 Å². The minimum Gasteiger partial charge on any atom is -0.493 e. The maximum absolute atomic E-state index is 12.8. The summed E-state index contributed by atoms with van der Waals surface area (Å²) in [6.07, 6.45) is 0.708. The van der Waals surface area contributed by atoms with Crippen LogP contribution in [0.1, 0.15) is 19.4 Å². The van der Waals surface area contributed by atoms with Crippen molar-refractivity contribution in [1.82, 2.24) is 0 Å². The van der Waals surface area contributed by atoms with Gasteiger partial charge >= 0.3 is 5.97 Å². The Kier molecular flexibility index (Phi) is 5.44. The Morgan fingerprint density at radius 3 is 2.54 bits per heavy atom. The maximum Gasteiger partial charge on any atom is 0.344 e. The number of anilines is 1. The number of rotatable bonds is 6. The zero-order chi connectivity index (χ0) is 20.3. The second-order valence-corrected chi connectivity index (χ2v) is 6.20. The molecule has 0 radical (unpaired) electrons. The van der Waals surface area contributed by atoms with E-state index in [1.54, 1.807) is 31.2 Å². The van der Waals surface area contributed by atoms with Crippen LogP contribution in [0, 0.1) is 0 Å². The Labute approximate surface area is 162 Å². The predicted octanol–water partition coefficient (Wildman–Crippen LogP) is 3.35. The van der Waals surface area contributed by atoms with Crippen LogP contribution in [0.25, 0.3) is 6.08 Å². The van der Waals surface area contributed by atoms with E-state index in [1.165, 1.54) is 19.0 Å². The van der Waals surface area contributed by atoms with E-state index in [2.05, 4.69) is 5.10 Å². The lowest BCUT2D eigenvalue weighted by Gasteiger charge is -2.14. The number of carbonyl (C=O) groups is 2. The molecule has 3 rings (SSSR count). The number of para-hydroxylation sites is 1. The van der Waals surface area contributed by atoms with Crippen LogP contribution in [0.2, 0.25) is 0 Å². The molecule has 1 atom stereocenters. The van der Waals surface area contributed by atoms with E-state index in [9.17, 15) is 9.59 Å². The van der Waals surface area contributed by atoms with E-state index in [4.69, 9.17) is 14.6 Å². The highest BCUT2D eigenvalue weighted by atomic mass is 16.5. The standard InChI is InChI=1S/C21H20N2O5/c1-13-17(20(24)23(22-13)16-7-5-4-6-8-16)11-15-9-10-18(19(12-15)27-3)28-14(2)21(25)26/h4-12,14H,1-3H3,(H,25,26). The minimum atomic E-state index is -1.07. The van der Waals surface area contributed by atoms with Gasteiger partial charge in [-0.15, -0.1) is 0 Å². The summed E-state index contributed by atoms with van der Waals surface area (Å²) in [6, 6.07) is 14.2. The summed E-state index contributed by atoms with van der Waals surface area (Å²) in [5.74, 6) is -0.601. The smallest absolute Gasteiger partial charge is 0.344 e. The van der Waals surface area contributed by atoms with Gasteiger partial charge in [-0.25, -0.2) is 4.79 Å². The second kappa shape index (κ2) is 7.96. The Balaban J connectivity index is 1.88. The molecule has 0 saturated heterocycles. The molecule has 2 aromatic rings. The number of amides is 1. The highest BCUT2D eigenvalue weighted by molar-refractivity contribution is 6.32. The van der Waals surface area contributed by atoms with Crippen LogP contribution in [0.4, 0.5) is 5.69 Å². The van der Waals surface area contributed by atoms with Gasteiger partial charge in [0.05, 0.1) is 24.1 Å². The molecule has 0 fully saturated rings. The van der Waals surface area contributed by atoms with Gasteiger partial charge < -0.3 is 14.6 Å². The molecular formula is C21H20N2O5. The third-order valence-electron chi connectivity index (χ3n) is 4.21. The topological polar surface area (TPSA) is 88.4 Å². The molecule has 0 spiro atoms. The quantitative estimate of drug-likeness (QED) is 0.777. The number of aliphatic carboxylic acids is 1. The highest BCUT2D eigenvalue weighted by Gasteiger charge is 2.28. The monoisotopic (exact) mass is 380 g/mol. The van der Waals surface area contributed by atoms with Gasteiger partial charge in [-0.3, -0.25) is 4.79 Å². The summed E-state index contributed by atoms with van der Waals surface area (Å²) >= 11 is 0. The first kappa shape index (κ1) is 19.2. The van der Waals surface area contributed by atoms with Crippen molar-refractivity contribution in [3.8, 4) is 11.5 Å². The van der Waals surface area contributed by atoms with Crippen LogP contribution in [0.5, 0.6) is 11.5 Å². The van der Waals surface area contributed by atoms with Crippen molar-refractivity contribution in [1.29, 1.82) is 0 Å². The average Bonchev–Trinajstić information content (AvgIpc) is 2.97. The molecule has 7 heteroatoms. The number of hydrazone groups is 1. The molecule has 0 bridgehead atoms. The van der Waals surface area contributed by atoms with E-state index < -0.39 is 12.1 Å². The van der Waals surface area contributed by atoms with E-state index in [0.29, 0.717) is 34.0 Å². The molecule has 1 N–H and O–H groups in total. The number of hydrogen-bond acceptors (Lipinski definition) is 5. The van der Waals surface area contributed by atoms with E-state index in [1.807, 2.05) is 30.3 Å². The fourth-order valence-electron chi connectivity index (χ4n) is 2.71. The van der Waals surface area contributed by atoms with Crippen molar-refractivity contribution < 1.29 is 24.2 Å². The number of carboxylic acids is 1. The summed E-state index contributed by atoms with van der Waals surface area (Å²) in [6.45, 7) is 3.21. The molecule has 0 aliphatic carbocycles. The third-order valence-corrected chi connectivity index (χ3v) is 4.21. The first-order valence-corrected chi connectivity index (χ1v) is 8.65. The predicted molar refractivity (Wildman–Crippen MR) is 106 cm³/mol. The molecule has 1 aliphatic rings. The molecule has 1 heterocycles. The third kappa shape index (κ3) is 3.88. The van der Waals surface area contributed by atoms with Crippen molar-refractivity contribution in [2.45, 2.75) is 20.0 Å². The second-order valence-electron chi connectivity index (χ2n) is 6.20. The number of carbonyl (C=O) groups excluding carboxylic acids is 1. The molecule has 7 nitrogen and oxygen atoms in total. The Bertz CT molecular complexity index is 966. The van der Waals surface area contributed by atoms with Crippen LogP contribution in [-0.2, 0) is 9.59 Å². The van der Waals surface area contributed by atoms with Crippen molar-refractivity contribution in [2.24, 2.45) is 5.10 Å². The normalized spacial score (nSPS) is 16.1. The SMILES string of the molecule is COc1cc(C=C2C(=O)N(c3ccccc3)N=C2C)ccc1OC(C)C(=O)O. The molecule has 1 unspecified atom stereocenters. The van der Waals surface area contributed by atoms with E-state index >= 15 is 0 Å². The molecule has 144 valence electrons. The Hall–Kier alpha value is -3.61. The summed E-state index contributed by atoms with van der Waals surface area (Å²) in [4.78, 5) is 23.8. The van der Waals surface area contributed by atoms with Gasteiger partial charge in [-0.1, -0.05) is 24.3 Å². The van der Waals surface area contributed by atoms with Crippen molar-refractivity contribution >= 4 is 29.4 Å². The first-order chi connectivity index (χ1) is 13.4. The first-order valence-electron chi connectivity index (χ1n) is 8.65. The number of carboxylic acid groups (broad SMARTS) is 1. The summed E-state index contributed by atoms with van der Waals surface area (Å²) in [7, 11) is 1.47. The molecule has 0 aromatic heterocycles. The van der Waals surface area contributed by atoms with Gasteiger partial charge in [-0.2, -0.15) is 10.1 Å². The fourth-order valence-corrected chi connectivity index (χ4v) is 2.71. The van der Waals surface area contributed by atoms with Gasteiger partial charge in [0, 0.05) is 0 Å². The lowest BCUT2D eigenvalue weighted by molar-refractivity contribution is -0.144. The molecule has 0 saturated carbocycles. The van der Waals surface area contributed by atoms with E-state index in [0.717, 1.165) is 0 Å². The number of ether oxygens (including phenoxy) is 2. The minimum absolute atomic E-state index is 0.220. The van der Waals surface area contributed by atoms with Crippen LogP contribution in [0.3, 0.4) is 0 Å². The van der Waals surface area contributed by atoms with Crippen molar-refractivity contribution in [3.63, 3.8) is 0 Å². The summed E-state index contributed by atoms with van der Waals surface area (Å²) in [5.41, 5.74) is 2.48. The van der Waals surface area contributed by atoms with Gasteiger partial charge in [0.25, 0.3) is 5.91 Å². The van der Waals surface area contributed by atoms with Gasteiger partial charge in [0.2, 0.25) is 0 Å². The van der Waals surface area contributed by atoms with Gasteiger partial charge in [0.15, 0.2) is 17.6 Å². The lowest BCUT2D eigenvalue weighted by atomic mass is 10.1. The van der Waals surface area contributed by atoms with Crippen molar-refractivity contribution in [3.05, 3.63) is 59.7 Å². The van der Waals surface area contributed by atoms with Crippen molar-refractivity contribution in [2.75, 3.05) is 12.1 Å². The number of nitrogens with zero attached hydrogens (tertiary/aromatic N) is 2. The Morgan fingerprint density at radius 1 is 1.18 bits per heavy atom. The largest absolute Gasteiger partial charge is 0.493 e. The number of benzene rings is 2.